The highest BCUT2D eigenvalue weighted by molar-refractivity contribution is 5.37. The molecule has 0 saturated carbocycles. The molecule has 2 unspecified atom stereocenters. The Kier molecular flexibility index (Phi) is 4.94. The molecule has 2 nitrogen and oxygen atoms in total. The van der Waals surface area contributed by atoms with Crippen LogP contribution in [0.15, 0.2) is 48.5 Å². The molecule has 2 aromatic rings. The van der Waals surface area contributed by atoms with Crippen LogP contribution in [0.1, 0.15) is 41.3 Å². The van der Waals surface area contributed by atoms with E-state index in [1.54, 1.807) is 0 Å². The largest absolute Gasteiger partial charge is 0.372 e. The molecule has 0 heterocycles. The van der Waals surface area contributed by atoms with Gasteiger partial charge < -0.3 is 10.5 Å². The Labute approximate surface area is 121 Å². The summed E-state index contributed by atoms with van der Waals surface area (Å²) in [6, 6.07) is 16.3. The third-order valence-corrected chi connectivity index (χ3v) is 3.81. The van der Waals surface area contributed by atoms with E-state index in [0.29, 0.717) is 6.61 Å². The van der Waals surface area contributed by atoms with E-state index in [1.165, 1.54) is 11.1 Å². The first-order valence-electron chi connectivity index (χ1n) is 7.13. The van der Waals surface area contributed by atoms with Gasteiger partial charge in [0.2, 0.25) is 0 Å². The van der Waals surface area contributed by atoms with Gasteiger partial charge in [0.05, 0.1) is 6.04 Å². The lowest BCUT2D eigenvalue weighted by Gasteiger charge is -2.26. The summed E-state index contributed by atoms with van der Waals surface area (Å²) in [6.45, 7) is 6.90. The van der Waals surface area contributed by atoms with Crippen LogP contribution >= 0.6 is 0 Å². The average molecular weight is 269 g/mol. The van der Waals surface area contributed by atoms with E-state index in [1.807, 2.05) is 25.1 Å². The number of aryl methyl sites for hydroxylation is 1. The highest BCUT2D eigenvalue weighted by atomic mass is 16.5. The fourth-order valence-corrected chi connectivity index (χ4v) is 2.53. The van der Waals surface area contributed by atoms with Gasteiger partial charge in [-0.25, -0.2) is 0 Å². The minimum absolute atomic E-state index is 0.110. The maximum atomic E-state index is 6.50. The minimum Gasteiger partial charge on any atom is -0.372 e. The standard InChI is InChI=1S/C18H23NO/c1-4-20-18(15-10-6-5-7-11-15)17(19)16-12-8-9-13(2)14(16)3/h5-12,17-18H,4,19H2,1-3H3. The van der Waals surface area contributed by atoms with Crippen molar-refractivity contribution in [3.05, 3.63) is 70.8 Å². The van der Waals surface area contributed by atoms with Gasteiger partial charge >= 0.3 is 0 Å². The Hall–Kier alpha value is -1.64. The lowest BCUT2D eigenvalue weighted by atomic mass is 9.91. The molecule has 2 heteroatoms. The fraction of sp³-hybridized carbons (Fsp3) is 0.333. The average Bonchev–Trinajstić information content (AvgIpc) is 2.48. The van der Waals surface area contributed by atoms with Gasteiger partial charge in [-0.2, -0.15) is 0 Å². The molecule has 0 saturated heterocycles. The first-order valence-corrected chi connectivity index (χ1v) is 7.13. The molecule has 0 radical (unpaired) electrons. The molecule has 0 bridgehead atoms. The van der Waals surface area contributed by atoms with E-state index in [4.69, 9.17) is 10.5 Å². The van der Waals surface area contributed by atoms with Crippen LogP contribution in [0, 0.1) is 13.8 Å². The Balaban J connectivity index is 2.36. The van der Waals surface area contributed by atoms with E-state index in [-0.39, 0.29) is 12.1 Å². The lowest BCUT2D eigenvalue weighted by Crippen LogP contribution is -2.23. The van der Waals surface area contributed by atoms with Crippen LogP contribution in [-0.4, -0.2) is 6.61 Å². The molecule has 2 atom stereocenters. The number of ether oxygens (including phenoxy) is 1. The molecule has 0 aliphatic rings. The third kappa shape index (κ3) is 3.09. The molecule has 2 aromatic carbocycles. The number of benzene rings is 2. The van der Waals surface area contributed by atoms with E-state index < -0.39 is 0 Å². The van der Waals surface area contributed by atoms with Crippen LogP contribution in [0.3, 0.4) is 0 Å². The predicted molar refractivity (Wildman–Crippen MR) is 83.7 cm³/mol. The van der Waals surface area contributed by atoms with E-state index >= 15 is 0 Å². The van der Waals surface area contributed by atoms with Crippen molar-refractivity contribution in [3.63, 3.8) is 0 Å². The van der Waals surface area contributed by atoms with Crippen LogP contribution in [0.2, 0.25) is 0 Å². The number of nitrogens with two attached hydrogens (primary N) is 1. The summed E-state index contributed by atoms with van der Waals surface area (Å²) in [5.74, 6) is 0. The summed E-state index contributed by atoms with van der Waals surface area (Å²) in [5.41, 5.74) is 11.3. The zero-order valence-electron chi connectivity index (χ0n) is 12.5. The maximum absolute atomic E-state index is 6.50. The maximum Gasteiger partial charge on any atom is 0.102 e. The summed E-state index contributed by atoms with van der Waals surface area (Å²) in [6.07, 6.45) is -0.110. The first kappa shape index (κ1) is 14.8. The fourth-order valence-electron chi connectivity index (χ4n) is 2.53. The van der Waals surface area contributed by atoms with Crippen LogP contribution < -0.4 is 5.73 Å². The van der Waals surface area contributed by atoms with Gasteiger partial charge in [-0.05, 0) is 43.0 Å². The minimum atomic E-state index is -0.155. The molecular weight excluding hydrogens is 246 g/mol. The summed E-state index contributed by atoms with van der Waals surface area (Å²) >= 11 is 0. The van der Waals surface area contributed by atoms with Gasteiger partial charge in [0.25, 0.3) is 0 Å². The van der Waals surface area contributed by atoms with Crippen LogP contribution in [-0.2, 0) is 4.74 Å². The second-order valence-corrected chi connectivity index (χ2v) is 5.10. The molecule has 106 valence electrons. The van der Waals surface area contributed by atoms with E-state index in [2.05, 4.69) is 44.2 Å². The molecule has 0 amide bonds. The van der Waals surface area contributed by atoms with Crippen molar-refractivity contribution >= 4 is 0 Å². The first-order chi connectivity index (χ1) is 9.65. The summed E-state index contributed by atoms with van der Waals surface area (Å²) < 4.78 is 5.91. The number of rotatable bonds is 5. The van der Waals surface area contributed by atoms with Crippen molar-refractivity contribution in [1.82, 2.24) is 0 Å². The van der Waals surface area contributed by atoms with E-state index in [9.17, 15) is 0 Å². The Morgan fingerprint density at radius 1 is 1.00 bits per heavy atom. The van der Waals surface area contributed by atoms with Gasteiger partial charge in [0, 0.05) is 6.61 Å². The Morgan fingerprint density at radius 2 is 1.70 bits per heavy atom. The van der Waals surface area contributed by atoms with Crippen molar-refractivity contribution in [1.29, 1.82) is 0 Å². The van der Waals surface area contributed by atoms with Crippen molar-refractivity contribution in [2.45, 2.75) is 32.9 Å². The predicted octanol–water partition coefficient (Wildman–Crippen LogP) is 4.08. The van der Waals surface area contributed by atoms with Crippen LogP contribution in [0.5, 0.6) is 0 Å². The van der Waals surface area contributed by atoms with Gasteiger partial charge in [-0.3, -0.25) is 0 Å². The van der Waals surface area contributed by atoms with Crippen molar-refractivity contribution in [3.8, 4) is 0 Å². The van der Waals surface area contributed by atoms with Crippen LogP contribution in [0.25, 0.3) is 0 Å². The lowest BCUT2D eigenvalue weighted by molar-refractivity contribution is 0.0428. The topological polar surface area (TPSA) is 35.2 Å². The van der Waals surface area contributed by atoms with Gasteiger partial charge in [-0.1, -0.05) is 48.5 Å². The molecule has 0 aromatic heterocycles. The third-order valence-electron chi connectivity index (χ3n) is 3.81. The zero-order chi connectivity index (χ0) is 14.5. The van der Waals surface area contributed by atoms with Gasteiger partial charge in [-0.15, -0.1) is 0 Å². The molecule has 2 rings (SSSR count). The second-order valence-electron chi connectivity index (χ2n) is 5.10. The number of hydrogen-bond acceptors (Lipinski definition) is 2. The number of hydrogen-bond donors (Lipinski definition) is 1. The monoisotopic (exact) mass is 269 g/mol. The molecule has 0 fully saturated rings. The van der Waals surface area contributed by atoms with Crippen molar-refractivity contribution in [2.24, 2.45) is 5.73 Å². The second kappa shape index (κ2) is 6.69. The van der Waals surface area contributed by atoms with Gasteiger partial charge in [0.1, 0.15) is 6.10 Å². The smallest absolute Gasteiger partial charge is 0.102 e. The normalized spacial score (nSPS) is 14.0. The van der Waals surface area contributed by atoms with Crippen LogP contribution in [0.4, 0.5) is 0 Å². The van der Waals surface area contributed by atoms with Crippen molar-refractivity contribution < 1.29 is 4.74 Å². The molecule has 2 N–H and O–H groups in total. The SMILES string of the molecule is CCOC(c1ccccc1)C(N)c1cccc(C)c1C. The highest BCUT2D eigenvalue weighted by Crippen LogP contribution is 2.32. The Bertz CT molecular complexity index is 551. The summed E-state index contributed by atoms with van der Waals surface area (Å²) in [7, 11) is 0. The highest BCUT2D eigenvalue weighted by Gasteiger charge is 2.23. The molecule has 0 aliphatic carbocycles. The zero-order valence-corrected chi connectivity index (χ0v) is 12.5. The van der Waals surface area contributed by atoms with E-state index in [0.717, 1.165) is 11.1 Å². The van der Waals surface area contributed by atoms with Crippen molar-refractivity contribution in [2.75, 3.05) is 6.61 Å². The van der Waals surface area contributed by atoms with Gasteiger partial charge in [0.15, 0.2) is 0 Å². The Morgan fingerprint density at radius 3 is 2.35 bits per heavy atom. The molecule has 20 heavy (non-hydrogen) atoms. The molecule has 0 aliphatic heterocycles. The summed E-state index contributed by atoms with van der Waals surface area (Å²) in [5, 5.41) is 0. The molecule has 0 spiro atoms. The molecular formula is C18H23NO. The summed E-state index contributed by atoms with van der Waals surface area (Å²) in [4.78, 5) is 0. The quantitative estimate of drug-likeness (QED) is 0.887.